The molecular weight excluding hydrogens is 278 g/mol. The highest BCUT2D eigenvalue weighted by Crippen LogP contribution is 2.13. The predicted molar refractivity (Wildman–Crippen MR) is 84.1 cm³/mol. The van der Waals surface area contributed by atoms with Crippen molar-refractivity contribution in [2.45, 2.75) is 13.5 Å². The van der Waals surface area contributed by atoms with E-state index in [2.05, 4.69) is 10.3 Å². The number of ether oxygens (including phenoxy) is 1. The van der Waals surface area contributed by atoms with E-state index in [1.165, 1.54) is 0 Å². The summed E-state index contributed by atoms with van der Waals surface area (Å²) < 4.78 is 7.07. The van der Waals surface area contributed by atoms with Crippen molar-refractivity contribution in [1.29, 1.82) is 0 Å². The van der Waals surface area contributed by atoms with Crippen LogP contribution >= 0.6 is 0 Å². The molecule has 1 amide bonds. The van der Waals surface area contributed by atoms with Crippen LogP contribution in [0.4, 0.5) is 0 Å². The highest BCUT2D eigenvalue weighted by molar-refractivity contribution is 5.92. The van der Waals surface area contributed by atoms with Gasteiger partial charge in [0.25, 0.3) is 5.91 Å². The number of aryl methyl sites for hydroxylation is 1. The average Bonchev–Trinajstić information content (AvgIpc) is 2.98. The molecule has 0 fully saturated rings. The Hall–Kier alpha value is -2.82. The fourth-order valence-electron chi connectivity index (χ4n) is 2.31. The van der Waals surface area contributed by atoms with E-state index in [0.717, 1.165) is 22.7 Å². The number of imidazole rings is 1. The number of nitrogens with one attached hydrogen (secondary N) is 1. The number of carbonyl (C=O) groups excluding carboxylic acids is 1. The number of fused-ring (bicyclic) bond motifs is 1. The summed E-state index contributed by atoms with van der Waals surface area (Å²) in [5.41, 5.74) is 3.20. The van der Waals surface area contributed by atoms with Gasteiger partial charge in [-0.25, -0.2) is 4.98 Å². The smallest absolute Gasteiger partial charge is 0.271 e. The van der Waals surface area contributed by atoms with Crippen LogP contribution in [0.5, 0.6) is 5.75 Å². The molecule has 0 aliphatic carbocycles. The topological polar surface area (TPSA) is 55.6 Å². The zero-order valence-electron chi connectivity index (χ0n) is 12.5. The normalized spacial score (nSPS) is 10.6. The quantitative estimate of drug-likeness (QED) is 0.805. The van der Waals surface area contributed by atoms with Gasteiger partial charge in [-0.3, -0.25) is 4.79 Å². The van der Waals surface area contributed by atoms with E-state index >= 15 is 0 Å². The van der Waals surface area contributed by atoms with Crippen LogP contribution in [0.3, 0.4) is 0 Å². The number of methoxy groups -OCH3 is 1. The number of rotatable bonds is 4. The number of amides is 1. The maximum atomic E-state index is 12.2. The summed E-state index contributed by atoms with van der Waals surface area (Å²) in [6.45, 7) is 2.41. The summed E-state index contributed by atoms with van der Waals surface area (Å²) in [5, 5.41) is 2.88. The van der Waals surface area contributed by atoms with E-state index < -0.39 is 0 Å². The summed E-state index contributed by atoms with van der Waals surface area (Å²) in [5.74, 6) is 0.584. The number of carbonyl (C=O) groups is 1. The first kappa shape index (κ1) is 14.1. The van der Waals surface area contributed by atoms with E-state index in [-0.39, 0.29) is 5.91 Å². The molecule has 0 saturated heterocycles. The van der Waals surface area contributed by atoms with E-state index in [1.54, 1.807) is 13.3 Å². The van der Waals surface area contributed by atoms with Crippen molar-refractivity contribution in [3.8, 4) is 5.75 Å². The van der Waals surface area contributed by atoms with Crippen molar-refractivity contribution >= 4 is 11.6 Å². The minimum absolute atomic E-state index is 0.189. The molecule has 0 spiro atoms. The van der Waals surface area contributed by atoms with Crippen LogP contribution in [-0.2, 0) is 6.54 Å². The van der Waals surface area contributed by atoms with E-state index in [1.807, 2.05) is 53.8 Å². The molecule has 1 aromatic carbocycles. The van der Waals surface area contributed by atoms with Crippen molar-refractivity contribution in [3.05, 3.63) is 65.6 Å². The standard InChI is InChI=1S/C17H17N3O2/c1-12-5-3-8-16-19-15(11-20(12)16)17(21)18-10-13-6-4-7-14(9-13)22-2/h3-9,11H,10H2,1-2H3,(H,18,21). The van der Waals surface area contributed by atoms with E-state index in [4.69, 9.17) is 4.74 Å². The molecule has 0 unspecified atom stereocenters. The molecule has 2 aromatic heterocycles. The van der Waals surface area contributed by atoms with Gasteiger partial charge in [0.1, 0.15) is 17.1 Å². The maximum Gasteiger partial charge on any atom is 0.271 e. The van der Waals surface area contributed by atoms with Gasteiger partial charge >= 0.3 is 0 Å². The second-order valence-electron chi connectivity index (χ2n) is 5.06. The maximum absolute atomic E-state index is 12.2. The van der Waals surface area contributed by atoms with Crippen LogP contribution in [0.15, 0.2) is 48.7 Å². The molecule has 0 aliphatic rings. The molecule has 5 heteroatoms. The highest BCUT2D eigenvalue weighted by Gasteiger charge is 2.11. The van der Waals surface area contributed by atoms with Crippen LogP contribution in [-0.4, -0.2) is 22.4 Å². The fourth-order valence-corrected chi connectivity index (χ4v) is 2.31. The van der Waals surface area contributed by atoms with Gasteiger partial charge < -0.3 is 14.5 Å². The molecule has 0 radical (unpaired) electrons. The SMILES string of the molecule is COc1cccc(CNC(=O)c2cn3c(C)cccc3n2)c1. The number of nitrogens with zero attached hydrogens (tertiary/aromatic N) is 2. The number of benzene rings is 1. The first-order chi connectivity index (χ1) is 10.7. The number of hydrogen-bond acceptors (Lipinski definition) is 3. The number of pyridine rings is 1. The first-order valence-corrected chi connectivity index (χ1v) is 7.03. The van der Waals surface area contributed by atoms with Gasteiger partial charge in [-0.05, 0) is 36.8 Å². The minimum Gasteiger partial charge on any atom is -0.497 e. The van der Waals surface area contributed by atoms with Crippen molar-refractivity contribution in [2.75, 3.05) is 7.11 Å². The summed E-state index contributed by atoms with van der Waals surface area (Å²) in [4.78, 5) is 16.6. The Kier molecular flexibility index (Phi) is 3.78. The van der Waals surface area contributed by atoms with Gasteiger partial charge in [0.15, 0.2) is 0 Å². The molecule has 22 heavy (non-hydrogen) atoms. The summed E-state index contributed by atoms with van der Waals surface area (Å²) in [6.07, 6.45) is 1.76. The summed E-state index contributed by atoms with van der Waals surface area (Å²) in [6, 6.07) is 13.4. The largest absolute Gasteiger partial charge is 0.497 e. The predicted octanol–water partition coefficient (Wildman–Crippen LogP) is 2.58. The molecule has 0 saturated carbocycles. The number of aromatic nitrogens is 2. The van der Waals surface area contributed by atoms with Crippen LogP contribution in [0.25, 0.3) is 5.65 Å². The molecular formula is C17H17N3O2. The first-order valence-electron chi connectivity index (χ1n) is 7.03. The fraction of sp³-hybridized carbons (Fsp3) is 0.176. The van der Waals surface area contributed by atoms with E-state index in [0.29, 0.717) is 12.2 Å². The molecule has 2 heterocycles. The Labute approximate surface area is 128 Å². The average molecular weight is 295 g/mol. The molecule has 3 rings (SSSR count). The highest BCUT2D eigenvalue weighted by atomic mass is 16.5. The van der Waals surface area contributed by atoms with Crippen molar-refractivity contribution in [2.24, 2.45) is 0 Å². The van der Waals surface area contributed by atoms with Crippen molar-refractivity contribution < 1.29 is 9.53 Å². The lowest BCUT2D eigenvalue weighted by Crippen LogP contribution is -2.23. The molecule has 112 valence electrons. The summed E-state index contributed by atoms with van der Waals surface area (Å²) in [7, 11) is 1.62. The van der Waals surface area contributed by atoms with Gasteiger partial charge in [0.05, 0.1) is 7.11 Å². The Morgan fingerprint density at radius 1 is 1.27 bits per heavy atom. The minimum atomic E-state index is -0.189. The van der Waals surface area contributed by atoms with Crippen LogP contribution in [0.1, 0.15) is 21.7 Å². The Balaban J connectivity index is 1.74. The number of hydrogen-bond donors (Lipinski definition) is 1. The monoisotopic (exact) mass is 295 g/mol. The molecule has 1 N–H and O–H groups in total. The van der Waals surface area contributed by atoms with Crippen LogP contribution in [0, 0.1) is 6.92 Å². The zero-order chi connectivity index (χ0) is 15.5. The Morgan fingerprint density at radius 2 is 2.09 bits per heavy atom. The van der Waals surface area contributed by atoms with E-state index in [9.17, 15) is 4.79 Å². The molecule has 5 nitrogen and oxygen atoms in total. The molecule has 0 atom stereocenters. The lowest BCUT2D eigenvalue weighted by molar-refractivity contribution is 0.0946. The van der Waals surface area contributed by atoms with Crippen molar-refractivity contribution in [1.82, 2.24) is 14.7 Å². The van der Waals surface area contributed by atoms with Crippen LogP contribution in [0.2, 0.25) is 0 Å². The van der Waals surface area contributed by atoms with Gasteiger partial charge in [0.2, 0.25) is 0 Å². The van der Waals surface area contributed by atoms with Gasteiger partial charge in [-0.15, -0.1) is 0 Å². The molecule has 3 aromatic rings. The van der Waals surface area contributed by atoms with Crippen molar-refractivity contribution in [3.63, 3.8) is 0 Å². The summed E-state index contributed by atoms with van der Waals surface area (Å²) >= 11 is 0. The third kappa shape index (κ3) is 2.79. The Bertz CT molecular complexity index is 824. The molecule has 0 bridgehead atoms. The van der Waals surface area contributed by atoms with Gasteiger partial charge in [-0.2, -0.15) is 0 Å². The lowest BCUT2D eigenvalue weighted by atomic mass is 10.2. The third-order valence-electron chi connectivity index (χ3n) is 3.52. The molecule has 0 aliphatic heterocycles. The second-order valence-corrected chi connectivity index (χ2v) is 5.06. The third-order valence-corrected chi connectivity index (χ3v) is 3.52. The second kappa shape index (κ2) is 5.89. The Morgan fingerprint density at radius 3 is 2.86 bits per heavy atom. The van der Waals surface area contributed by atoms with Crippen LogP contribution < -0.4 is 10.1 Å². The van der Waals surface area contributed by atoms with Gasteiger partial charge in [0, 0.05) is 18.4 Å². The lowest BCUT2D eigenvalue weighted by Gasteiger charge is -2.05. The van der Waals surface area contributed by atoms with Gasteiger partial charge in [-0.1, -0.05) is 18.2 Å². The zero-order valence-corrected chi connectivity index (χ0v) is 12.5.